The summed E-state index contributed by atoms with van der Waals surface area (Å²) >= 11 is 0. The lowest BCUT2D eigenvalue weighted by molar-refractivity contribution is 1.18. The molecular weight excluding hydrogens is 162 g/mol. The third kappa shape index (κ3) is 1.13. The predicted octanol–water partition coefficient (Wildman–Crippen LogP) is 1.81. The first-order valence-corrected chi connectivity index (χ1v) is 3.93. The van der Waals surface area contributed by atoms with Gasteiger partial charge in [-0.2, -0.15) is 5.26 Å². The van der Waals surface area contributed by atoms with Crippen LogP contribution in [-0.4, -0.2) is 9.97 Å². The fraction of sp³-hybridized carbons (Fsp3) is 0.100. The molecule has 2 rings (SSSR count). The van der Waals surface area contributed by atoms with Crippen LogP contribution in [0.15, 0.2) is 24.5 Å². The minimum Gasteiger partial charge on any atom is -0.236 e. The molecular formula is C10H7N3. The Morgan fingerprint density at radius 3 is 2.92 bits per heavy atom. The zero-order chi connectivity index (χ0) is 9.26. The van der Waals surface area contributed by atoms with Gasteiger partial charge in [0.2, 0.25) is 0 Å². The van der Waals surface area contributed by atoms with Gasteiger partial charge in [0.15, 0.2) is 5.69 Å². The quantitative estimate of drug-likeness (QED) is 0.604. The highest BCUT2D eigenvalue weighted by Gasteiger charge is 2.03. The first-order chi connectivity index (χ1) is 6.33. The first-order valence-electron chi connectivity index (χ1n) is 3.93. The molecule has 3 heteroatoms. The SMILES string of the molecule is Cc1cccc2ncnc(C#N)c12. The highest BCUT2D eigenvalue weighted by atomic mass is 14.8. The molecule has 0 amide bonds. The van der Waals surface area contributed by atoms with E-state index in [4.69, 9.17) is 5.26 Å². The number of aryl methyl sites for hydroxylation is 1. The van der Waals surface area contributed by atoms with E-state index in [1.807, 2.05) is 25.1 Å². The van der Waals surface area contributed by atoms with Crippen LogP contribution in [0.5, 0.6) is 0 Å². The zero-order valence-electron chi connectivity index (χ0n) is 7.15. The van der Waals surface area contributed by atoms with Crippen LogP contribution in [0.2, 0.25) is 0 Å². The lowest BCUT2D eigenvalue weighted by atomic mass is 10.1. The van der Waals surface area contributed by atoms with Crippen molar-refractivity contribution in [2.75, 3.05) is 0 Å². The number of hydrogen-bond donors (Lipinski definition) is 0. The van der Waals surface area contributed by atoms with Gasteiger partial charge in [-0.15, -0.1) is 0 Å². The average Bonchev–Trinajstić information content (AvgIpc) is 2.17. The maximum Gasteiger partial charge on any atom is 0.151 e. The van der Waals surface area contributed by atoms with Gasteiger partial charge >= 0.3 is 0 Å². The van der Waals surface area contributed by atoms with E-state index >= 15 is 0 Å². The lowest BCUT2D eigenvalue weighted by Crippen LogP contribution is -1.90. The van der Waals surface area contributed by atoms with Crippen LogP contribution in [-0.2, 0) is 0 Å². The van der Waals surface area contributed by atoms with Crippen LogP contribution in [0.3, 0.4) is 0 Å². The summed E-state index contributed by atoms with van der Waals surface area (Å²) in [5, 5.41) is 9.67. The Labute approximate surface area is 75.7 Å². The summed E-state index contributed by atoms with van der Waals surface area (Å²) in [6, 6.07) is 7.81. The summed E-state index contributed by atoms with van der Waals surface area (Å²) in [7, 11) is 0. The molecule has 0 bridgehead atoms. The summed E-state index contributed by atoms with van der Waals surface area (Å²) in [5.74, 6) is 0. The minimum absolute atomic E-state index is 0.447. The smallest absolute Gasteiger partial charge is 0.151 e. The van der Waals surface area contributed by atoms with Crippen molar-refractivity contribution in [3.8, 4) is 6.07 Å². The van der Waals surface area contributed by atoms with E-state index in [1.165, 1.54) is 6.33 Å². The maximum atomic E-state index is 8.82. The minimum atomic E-state index is 0.447. The van der Waals surface area contributed by atoms with Crippen molar-refractivity contribution in [2.45, 2.75) is 6.92 Å². The van der Waals surface area contributed by atoms with Gasteiger partial charge < -0.3 is 0 Å². The number of hydrogen-bond acceptors (Lipinski definition) is 3. The van der Waals surface area contributed by atoms with Gasteiger partial charge in [0.25, 0.3) is 0 Å². The second kappa shape index (κ2) is 2.83. The van der Waals surface area contributed by atoms with Crippen molar-refractivity contribution >= 4 is 10.9 Å². The number of rotatable bonds is 0. The highest BCUT2D eigenvalue weighted by molar-refractivity contribution is 5.85. The largest absolute Gasteiger partial charge is 0.236 e. The summed E-state index contributed by atoms with van der Waals surface area (Å²) in [4.78, 5) is 8.00. The molecule has 0 atom stereocenters. The van der Waals surface area contributed by atoms with E-state index in [9.17, 15) is 0 Å². The molecule has 0 unspecified atom stereocenters. The molecule has 0 saturated heterocycles. The Kier molecular flexibility index (Phi) is 1.67. The predicted molar refractivity (Wildman–Crippen MR) is 49.0 cm³/mol. The van der Waals surface area contributed by atoms with Crippen molar-refractivity contribution in [1.82, 2.24) is 9.97 Å². The molecule has 1 aromatic heterocycles. The molecule has 13 heavy (non-hydrogen) atoms. The topological polar surface area (TPSA) is 49.6 Å². The molecule has 0 aliphatic rings. The van der Waals surface area contributed by atoms with E-state index in [1.54, 1.807) is 0 Å². The molecule has 1 aromatic carbocycles. The fourth-order valence-electron chi connectivity index (χ4n) is 1.37. The molecule has 0 saturated carbocycles. The molecule has 0 spiro atoms. The Balaban J connectivity index is 2.97. The Bertz CT molecular complexity index is 492. The third-order valence-corrected chi connectivity index (χ3v) is 1.98. The molecule has 0 N–H and O–H groups in total. The van der Waals surface area contributed by atoms with E-state index in [2.05, 4.69) is 16.0 Å². The summed E-state index contributed by atoms with van der Waals surface area (Å²) in [6.07, 6.45) is 1.42. The molecule has 0 aliphatic carbocycles. The maximum absolute atomic E-state index is 8.82. The van der Waals surface area contributed by atoms with Crippen molar-refractivity contribution in [3.63, 3.8) is 0 Å². The second-order valence-electron chi connectivity index (χ2n) is 2.80. The Hall–Kier alpha value is -1.95. The molecule has 0 radical (unpaired) electrons. The molecule has 0 fully saturated rings. The summed E-state index contributed by atoms with van der Waals surface area (Å²) in [6.45, 7) is 1.95. The number of benzene rings is 1. The number of aromatic nitrogens is 2. The Morgan fingerprint density at radius 1 is 1.31 bits per heavy atom. The van der Waals surface area contributed by atoms with Gasteiger partial charge in [0, 0.05) is 5.39 Å². The monoisotopic (exact) mass is 169 g/mol. The summed E-state index contributed by atoms with van der Waals surface area (Å²) < 4.78 is 0. The zero-order valence-corrected chi connectivity index (χ0v) is 7.15. The van der Waals surface area contributed by atoms with Crippen LogP contribution < -0.4 is 0 Å². The standard InChI is InChI=1S/C10H7N3/c1-7-3-2-4-8-10(7)9(5-11)13-6-12-8/h2-4,6H,1H3. The van der Waals surface area contributed by atoms with E-state index < -0.39 is 0 Å². The third-order valence-electron chi connectivity index (χ3n) is 1.98. The van der Waals surface area contributed by atoms with E-state index in [0.717, 1.165) is 16.5 Å². The van der Waals surface area contributed by atoms with Crippen LogP contribution in [0.1, 0.15) is 11.3 Å². The van der Waals surface area contributed by atoms with Crippen LogP contribution >= 0.6 is 0 Å². The van der Waals surface area contributed by atoms with E-state index in [-0.39, 0.29) is 0 Å². The van der Waals surface area contributed by atoms with Gasteiger partial charge in [-0.05, 0) is 18.6 Å². The van der Waals surface area contributed by atoms with Gasteiger partial charge in [-0.25, -0.2) is 9.97 Å². The van der Waals surface area contributed by atoms with E-state index in [0.29, 0.717) is 5.69 Å². The van der Waals surface area contributed by atoms with Gasteiger partial charge in [0.05, 0.1) is 5.52 Å². The average molecular weight is 169 g/mol. The molecule has 1 heterocycles. The van der Waals surface area contributed by atoms with Crippen LogP contribution in [0.25, 0.3) is 10.9 Å². The van der Waals surface area contributed by atoms with Crippen molar-refractivity contribution < 1.29 is 0 Å². The fourth-order valence-corrected chi connectivity index (χ4v) is 1.37. The van der Waals surface area contributed by atoms with Crippen molar-refractivity contribution in [2.24, 2.45) is 0 Å². The molecule has 2 aromatic rings. The summed E-state index contributed by atoms with van der Waals surface area (Å²) in [5.41, 5.74) is 2.31. The molecule has 62 valence electrons. The van der Waals surface area contributed by atoms with Crippen LogP contribution in [0, 0.1) is 18.3 Å². The van der Waals surface area contributed by atoms with Gasteiger partial charge in [-0.3, -0.25) is 0 Å². The lowest BCUT2D eigenvalue weighted by Gasteiger charge is -2.00. The molecule has 3 nitrogen and oxygen atoms in total. The highest BCUT2D eigenvalue weighted by Crippen LogP contribution is 2.17. The number of nitriles is 1. The first kappa shape index (κ1) is 7.69. The van der Waals surface area contributed by atoms with Gasteiger partial charge in [0.1, 0.15) is 12.4 Å². The van der Waals surface area contributed by atoms with Crippen molar-refractivity contribution in [3.05, 3.63) is 35.8 Å². The van der Waals surface area contributed by atoms with Gasteiger partial charge in [-0.1, -0.05) is 12.1 Å². The van der Waals surface area contributed by atoms with Crippen LogP contribution in [0.4, 0.5) is 0 Å². The van der Waals surface area contributed by atoms with Crippen molar-refractivity contribution in [1.29, 1.82) is 5.26 Å². The number of fused-ring (bicyclic) bond motifs is 1. The normalized spacial score (nSPS) is 9.85. The number of nitrogens with zero attached hydrogens (tertiary/aromatic N) is 3. The molecule has 0 aliphatic heterocycles. The second-order valence-corrected chi connectivity index (χ2v) is 2.80. The Morgan fingerprint density at radius 2 is 2.15 bits per heavy atom.